The van der Waals surface area contributed by atoms with Crippen LogP contribution in [0.2, 0.25) is 0 Å². The summed E-state index contributed by atoms with van der Waals surface area (Å²) in [6.45, 7) is 4.34. The second-order valence-electron chi connectivity index (χ2n) is 3.23. The van der Waals surface area contributed by atoms with Crippen LogP contribution in [0.4, 0.5) is 5.82 Å². The molecule has 1 heterocycles. The van der Waals surface area contributed by atoms with Gasteiger partial charge < -0.3 is 16.2 Å². The minimum Gasteiger partial charge on any atom is -0.395 e. The third-order valence-corrected chi connectivity index (χ3v) is 2.15. The SMILES string of the molecule is C=CCC(NCCO)c1cccnc1N. The fourth-order valence-electron chi connectivity index (χ4n) is 1.45. The average molecular weight is 207 g/mol. The molecule has 0 aliphatic carbocycles. The van der Waals surface area contributed by atoms with E-state index in [1.54, 1.807) is 6.20 Å². The first-order chi connectivity index (χ1) is 7.29. The summed E-state index contributed by atoms with van der Waals surface area (Å²) >= 11 is 0. The van der Waals surface area contributed by atoms with E-state index < -0.39 is 0 Å². The van der Waals surface area contributed by atoms with Crippen molar-refractivity contribution in [1.29, 1.82) is 0 Å². The lowest BCUT2D eigenvalue weighted by atomic mass is 10.0. The molecule has 0 aromatic carbocycles. The lowest BCUT2D eigenvalue weighted by Gasteiger charge is -2.17. The molecule has 82 valence electrons. The average Bonchev–Trinajstić information content (AvgIpc) is 2.25. The molecular weight excluding hydrogens is 190 g/mol. The summed E-state index contributed by atoms with van der Waals surface area (Å²) in [6.07, 6.45) is 4.24. The second kappa shape index (κ2) is 6.16. The van der Waals surface area contributed by atoms with Gasteiger partial charge in [0.05, 0.1) is 6.61 Å². The minimum absolute atomic E-state index is 0.0725. The van der Waals surface area contributed by atoms with Gasteiger partial charge in [0.25, 0.3) is 0 Å². The van der Waals surface area contributed by atoms with E-state index >= 15 is 0 Å². The predicted octanol–water partition coefficient (Wildman–Crippen LogP) is 0.863. The van der Waals surface area contributed by atoms with E-state index in [0.29, 0.717) is 12.4 Å². The molecule has 4 N–H and O–H groups in total. The maximum absolute atomic E-state index is 8.76. The van der Waals surface area contributed by atoms with Crippen LogP contribution in [0, 0.1) is 0 Å². The molecule has 1 atom stereocenters. The van der Waals surface area contributed by atoms with Crippen molar-refractivity contribution < 1.29 is 5.11 Å². The quantitative estimate of drug-likeness (QED) is 0.605. The number of rotatable bonds is 6. The van der Waals surface area contributed by atoms with Gasteiger partial charge in [0, 0.05) is 24.3 Å². The summed E-state index contributed by atoms with van der Waals surface area (Å²) in [6, 6.07) is 3.85. The number of nitrogens with two attached hydrogens (primary N) is 1. The van der Waals surface area contributed by atoms with Crippen molar-refractivity contribution in [2.45, 2.75) is 12.5 Å². The number of pyridine rings is 1. The van der Waals surface area contributed by atoms with Gasteiger partial charge in [-0.2, -0.15) is 0 Å². The highest BCUT2D eigenvalue weighted by molar-refractivity contribution is 5.41. The summed E-state index contributed by atoms with van der Waals surface area (Å²) in [4.78, 5) is 4.03. The number of hydrogen-bond acceptors (Lipinski definition) is 4. The molecule has 0 radical (unpaired) electrons. The normalized spacial score (nSPS) is 12.3. The van der Waals surface area contributed by atoms with Gasteiger partial charge >= 0.3 is 0 Å². The number of anilines is 1. The van der Waals surface area contributed by atoms with E-state index in [-0.39, 0.29) is 12.6 Å². The Morgan fingerprint density at radius 2 is 2.47 bits per heavy atom. The summed E-state index contributed by atoms with van der Waals surface area (Å²) in [5.41, 5.74) is 6.73. The predicted molar refractivity (Wildman–Crippen MR) is 61.3 cm³/mol. The molecule has 4 nitrogen and oxygen atoms in total. The van der Waals surface area contributed by atoms with Crippen LogP contribution in [0.15, 0.2) is 31.0 Å². The summed E-state index contributed by atoms with van der Waals surface area (Å²) in [7, 11) is 0. The van der Waals surface area contributed by atoms with Crippen LogP contribution in [0.5, 0.6) is 0 Å². The molecule has 0 spiro atoms. The van der Waals surface area contributed by atoms with Crippen LogP contribution in [0.1, 0.15) is 18.0 Å². The van der Waals surface area contributed by atoms with Crippen molar-refractivity contribution in [3.8, 4) is 0 Å². The molecule has 0 amide bonds. The molecule has 4 heteroatoms. The molecule has 15 heavy (non-hydrogen) atoms. The fraction of sp³-hybridized carbons (Fsp3) is 0.364. The van der Waals surface area contributed by atoms with E-state index in [1.807, 2.05) is 18.2 Å². The van der Waals surface area contributed by atoms with Crippen molar-refractivity contribution in [3.63, 3.8) is 0 Å². The number of nitrogens with one attached hydrogen (secondary N) is 1. The molecule has 1 rings (SSSR count). The van der Waals surface area contributed by atoms with Crippen molar-refractivity contribution in [3.05, 3.63) is 36.5 Å². The number of aliphatic hydroxyl groups excluding tert-OH is 1. The first-order valence-electron chi connectivity index (χ1n) is 4.95. The number of hydrogen-bond donors (Lipinski definition) is 3. The lowest BCUT2D eigenvalue weighted by molar-refractivity contribution is 0.284. The van der Waals surface area contributed by atoms with Gasteiger partial charge in [-0.1, -0.05) is 12.1 Å². The van der Waals surface area contributed by atoms with Crippen LogP contribution >= 0.6 is 0 Å². The fourth-order valence-corrected chi connectivity index (χ4v) is 1.45. The summed E-state index contributed by atoms with van der Waals surface area (Å²) in [5, 5.41) is 12.0. The van der Waals surface area contributed by atoms with Crippen LogP contribution in [0.3, 0.4) is 0 Å². The van der Waals surface area contributed by atoms with Crippen LogP contribution in [-0.2, 0) is 0 Å². The third kappa shape index (κ3) is 3.34. The van der Waals surface area contributed by atoms with Gasteiger partial charge in [0.15, 0.2) is 0 Å². The topological polar surface area (TPSA) is 71.2 Å². The maximum Gasteiger partial charge on any atom is 0.128 e. The minimum atomic E-state index is 0.0725. The molecular formula is C11H17N3O. The Kier molecular flexibility index (Phi) is 4.80. The van der Waals surface area contributed by atoms with Gasteiger partial charge in [-0.15, -0.1) is 6.58 Å². The largest absolute Gasteiger partial charge is 0.395 e. The highest BCUT2D eigenvalue weighted by Gasteiger charge is 2.11. The summed E-state index contributed by atoms with van der Waals surface area (Å²) < 4.78 is 0. The standard InChI is InChI=1S/C11H17N3O/c1-2-4-10(13-7-8-15)9-5-3-6-14-11(9)12/h2-3,5-6,10,13,15H,1,4,7-8H2,(H2,12,14). The van der Waals surface area contributed by atoms with Gasteiger partial charge in [0.1, 0.15) is 5.82 Å². The molecule has 1 aromatic rings. The number of nitrogen functional groups attached to an aromatic ring is 1. The molecule has 0 aliphatic rings. The monoisotopic (exact) mass is 207 g/mol. The highest BCUT2D eigenvalue weighted by atomic mass is 16.3. The Labute approximate surface area is 89.8 Å². The maximum atomic E-state index is 8.76. The molecule has 0 fully saturated rings. The van der Waals surface area contributed by atoms with E-state index in [0.717, 1.165) is 12.0 Å². The number of nitrogens with zero attached hydrogens (tertiary/aromatic N) is 1. The van der Waals surface area contributed by atoms with Crippen LogP contribution in [-0.4, -0.2) is 23.2 Å². The molecule has 0 saturated heterocycles. The Morgan fingerprint density at radius 3 is 3.07 bits per heavy atom. The molecule has 0 bridgehead atoms. The van der Waals surface area contributed by atoms with Gasteiger partial charge in [-0.25, -0.2) is 4.98 Å². The van der Waals surface area contributed by atoms with E-state index in [1.165, 1.54) is 0 Å². The zero-order valence-electron chi connectivity index (χ0n) is 8.69. The third-order valence-electron chi connectivity index (χ3n) is 2.15. The molecule has 0 aliphatic heterocycles. The zero-order valence-corrected chi connectivity index (χ0v) is 8.69. The van der Waals surface area contributed by atoms with Crippen molar-refractivity contribution in [1.82, 2.24) is 10.3 Å². The van der Waals surface area contributed by atoms with Crippen molar-refractivity contribution in [2.75, 3.05) is 18.9 Å². The first kappa shape index (κ1) is 11.7. The van der Waals surface area contributed by atoms with E-state index in [9.17, 15) is 0 Å². The molecule has 1 unspecified atom stereocenters. The van der Waals surface area contributed by atoms with Crippen LogP contribution in [0.25, 0.3) is 0 Å². The smallest absolute Gasteiger partial charge is 0.128 e. The second-order valence-corrected chi connectivity index (χ2v) is 3.23. The lowest BCUT2D eigenvalue weighted by Crippen LogP contribution is -2.25. The zero-order chi connectivity index (χ0) is 11.1. The van der Waals surface area contributed by atoms with E-state index in [2.05, 4.69) is 16.9 Å². The Hall–Kier alpha value is -1.39. The van der Waals surface area contributed by atoms with Gasteiger partial charge in [-0.3, -0.25) is 0 Å². The van der Waals surface area contributed by atoms with E-state index in [4.69, 9.17) is 10.8 Å². The van der Waals surface area contributed by atoms with Crippen molar-refractivity contribution in [2.24, 2.45) is 0 Å². The molecule has 0 saturated carbocycles. The highest BCUT2D eigenvalue weighted by Crippen LogP contribution is 2.20. The number of aliphatic hydroxyl groups is 1. The Morgan fingerprint density at radius 1 is 1.67 bits per heavy atom. The Bertz CT molecular complexity index is 314. The van der Waals surface area contributed by atoms with Gasteiger partial charge in [-0.05, 0) is 12.5 Å². The Balaban J connectivity index is 2.78. The van der Waals surface area contributed by atoms with Gasteiger partial charge in [0.2, 0.25) is 0 Å². The molecule has 1 aromatic heterocycles. The van der Waals surface area contributed by atoms with Crippen LogP contribution < -0.4 is 11.1 Å². The van der Waals surface area contributed by atoms with Crippen molar-refractivity contribution >= 4 is 5.82 Å². The summed E-state index contributed by atoms with van der Waals surface area (Å²) in [5.74, 6) is 0.523. The number of aromatic nitrogens is 1. The first-order valence-corrected chi connectivity index (χ1v) is 4.95.